The van der Waals surface area contributed by atoms with Gasteiger partial charge in [-0.1, -0.05) is 19.1 Å². The lowest BCUT2D eigenvalue weighted by Gasteiger charge is -2.10. The van der Waals surface area contributed by atoms with Crippen LogP contribution in [0, 0.1) is 5.82 Å². The fourth-order valence-electron chi connectivity index (χ4n) is 1.76. The Balaban J connectivity index is 2.58. The van der Waals surface area contributed by atoms with Crippen LogP contribution in [0.5, 0.6) is 0 Å². The number of nitrogens with zero attached hydrogens (tertiary/aromatic N) is 1. The van der Waals surface area contributed by atoms with E-state index >= 15 is 0 Å². The SMILES string of the molecule is CCc1cncc(N)c1-c1ccc(F)cc1. The third-order valence-corrected chi connectivity index (χ3v) is 2.57. The second-order valence-electron chi connectivity index (χ2n) is 3.62. The van der Waals surface area contributed by atoms with Gasteiger partial charge in [-0.05, 0) is 29.7 Å². The van der Waals surface area contributed by atoms with Crippen molar-refractivity contribution in [1.82, 2.24) is 4.98 Å². The Morgan fingerprint density at radius 2 is 1.88 bits per heavy atom. The van der Waals surface area contributed by atoms with Gasteiger partial charge in [-0.2, -0.15) is 0 Å². The van der Waals surface area contributed by atoms with Gasteiger partial charge < -0.3 is 5.73 Å². The molecule has 0 aliphatic carbocycles. The standard InChI is InChI=1S/C13H13FN2/c1-2-9-7-16-8-12(15)13(9)10-3-5-11(14)6-4-10/h3-8H,2,15H2,1H3. The van der Waals surface area contributed by atoms with Crippen LogP contribution in [0.1, 0.15) is 12.5 Å². The van der Waals surface area contributed by atoms with Gasteiger partial charge in [0.25, 0.3) is 0 Å². The van der Waals surface area contributed by atoms with Gasteiger partial charge in [0, 0.05) is 11.8 Å². The molecular formula is C13H13FN2. The van der Waals surface area contributed by atoms with Crippen LogP contribution in [0.25, 0.3) is 11.1 Å². The number of anilines is 1. The Labute approximate surface area is 93.9 Å². The zero-order valence-corrected chi connectivity index (χ0v) is 9.07. The van der Waals surface area contributed by atoms with Crippen molar-refractivity contribution in [2.75, 3.05) is 5.73 Å². The molecule has 0 saturated heterocycles. The number of aromatic nitrogens is 1. The van der Waals surface area contributed by atoms with Crippen LogP contribution in [0.2, 0.25) is 0 Å². The van der Waals surface area contributed by atoms with Crippen molar-refractivity contribution >= 4 is 5.69 Å². The third kappa shape index (κ3) is 1.89. The number of rotatable bonds is 2. The van der Waals surface area contributed by atoms with E-state index in [1.54, 1.807) is 24.5 Å². The third-order valence-electron chi connectivity index (χ3n) is 2.57. The number of halogens is 1. The Morgan fingerprint density at radius 1 is 1.19 bits per heavy atom. The molecule has 0 aliphatic rings. The maximum absolute atomic E-state index is 12.8. The summed E-state index contributed by atoms with van der Waals surface area (Å²) in [6.07, 6.45) is 4.28. The number of benzene rings is 1. The molecule has 1 aromatic carbocycles. The molecule has 2 aromatic rings. The fraction of sp³-hybridized carbons (Fsp3) is 0.154. The second-order valence-corrected chi connectivity index (χ2v) is 3.62. The van der Waals surface area contributed by atoms with Crippen LogP contribution >= 0.6 is 0 Å². The molecule has 2 N–H and O–H groups in total. The highest BCUT2D eigenvalue weighted by Crippen LogP contribution is 2.29. The van der Waals surface area contributed by atoms with Crippen LogP contribution in [0.15, 0.2) is 36.7 Å². The molecule has 0 aliphatic heterocycles. The van der Waals surface area contributed by atoms with Crippen LogP contribution in [-0.4, -0.2) is 4.98 Å². The van der Waals surface area contributed by atoms with E-state index in [4.69, 9.17) is 5.73 Å². The first-order valence-corrected chi connectivity index (χ1v) is 5.20. The molecule has 3 heteroatoms. The van der Waals surface area contributed by atoms with Gasteiger partial charge in [-0.15, -0.1) is 0 Å². The first kappa shape index (κ1) is 10.6. The zero-order valence-electron chi connectivity index (χ0n) is 9.07. The predicted molar refractivity (Wildman–Crippen MR) is 63.4 cm³/mol. The van der Waals surface area contributed by atoms with E-state index in [2.05, 4.69) is 4.98 Å². The normalized spacial score (nSPS) is 10.4. The maximum Gasteiger partial charge on any atom is 0.123 e. The number of pyridine rings is 1. The summed E-state index contributed by atoms with van der Waals surface area (Å²) in [7, 11) is 0. The molecule has 1 aromatic heterocycles. The van der Waals surface area contributed by atoms with Crippen molar-refractivity contribution in [2.24, 2.45) is 0 Å². The molecule has 16 heavy (non-hydrogen) atoms. The minimum atomic E-state index is -0.241. The van der Waals surface area contributed by atoms with Crippen LogP contribution in [-0.2, 0) is 6.42 Å². The topological polar surface area (TPSA) is 38.9 Å². The fourth-order valence-corrected chi connectivity index (χ4v) is 1.76. The quantitative estimate of drug-likeness (QED) is 0.838. The van der Waals surface area contributed by atoms with E-state index in [9.17, 15) is 4.39 Å². The lowest BCUT2D eigenvalue weighted by atomic mass is 9.99. The largest absolute Gasteiger partial charge is 0.397 e. The van der Waals surface area contributed by atoms with Crippen molar-refractivity contribution < 1.29 is 4.39 Å². The van der Waals surface area contributed by atoms with E-state index in [0.29, 0.717) is 5.69 Å². The highest BCUT2D eigenvalue weighted by molar-refractivity contribution is 5.78. The average Bonchev–Trinajstić information content (AvgIpc) is 2.30. The van der Waals surface area contributed by atoms with Crippen LogP contribution in [0.3, 0.4) is 0 Å². The van der Waals surface area contributed by atoms with Crippen molar-refractivity contribution in [3.63, 3.8) is 0 Å². The number of nitrogen functional groups attached to an aromatic ring is 1. The summed E-state index contributed by atoms with van der Waals surface area (Å²) in [5.41, 5.74) is 9.50. The first-order chi connectivity index (χ1) is 7.72. The summed E-state index contributed by atoms with van der Waals surface area (Å²) in [6.45, 7) is 2.05. The molecule has 82 valence electrons. The minimum absolute atomic E-state index is 0.241. The summed E-state index contributed by atoms with van der Waals surface area (Å²) >= 11 is 0. The van der Waals surface area contributed by atoms with E-state index in [1.165, 1.54) is 12.1 Å². The summed E-state index contributed by atoms with van der Waals surface area (Å²) in [4.78, 5) is 4.06. The van der Waals surface area contributed by atoms with Gasteiger partial charge >= 0.3 is 0 Å². The molecule has 2 rings (SSSR count). The van der Waals surface area contributed by atoms with E-state index in [0.717, 1.165) is 23.1 Å². The van der Waals surface area contributed by atoms with Gasteiger partial charge in [0.15, 0.2) is 0 Å². The zero-order chi connectivity index (χ0) is 11.5. The molecule has 0 bridgehead atoms. The Kier molecular flexibility index (Phi) is 2.86. The smallest absolute Gasteiger partial charge is 0.123 e. The summed E-state index contributed by atoms with van der Waals surface area (Å²) < 4.78 is 12.8. The molecule has 0 amide bonds. The molecule has 0 atom stereocenters. The molecule has 1 heterocycles. The summed E-state index contributed by atoms with van der Waals surface area (Å²) in [6, 6.07) is 6.35. The Morgan fingerprint density at radius 3 is 2.50 bits per heavy atom. The second kappa shape index (κ2) is 4.31. The van der Waals surface area contributed by atoms with Gasteiger partial charge in [-0.3, -0.25) is 4.98 Å². The van der Waals surface area contributed by atoms with Crippen molar-refractivity contribution in [3.8, 4) is 11.1 Å². The van der Waals surface area contributed by atoms with Crippen molar-refractivity contribution in [1.29, 1.82) is 0 Å². The van der Waals surface area contributed by atoms with E-state index in [-0.39, 0.29) is 5.82 Å². The lowest BCUT2D eigenvalue weighted by Crippen LogP contribution is -1.96. The number of aryl methyl sites for hydroxylation is 1. The molecule has 0 saturated carbocycles. The maximum atomic E-state index is 12.8. The number of hydrogen-bond acceptors (Lipinski definition) is 2. The molecule has 2 nitrogen and oxygen atoms in total. The van der Waals surface area contributed by atoms with Gasteiger partial charge in [0.05, 0.1) is 11.9 Å². The number of nitrogens with two attached hydrogens (primary N) is 1. The molecular weight excluding hydrogens is 203 g/mol. The van der Waals surface area contributed by atoms with Gasteiger partial charge in [0.2, 0.25) is 0 Å². The highest BCUT2D eigenvalue weighted by Gasteiger charge is 2.08. The summed E-state index contributed by atoms with van der Waals surface area (Å²) in [5.74, 6) is -0.241. The predicted octanol–water partition coefficient (Wildman–Crippen LogP) is 3.03. The Hall–Kier alpha value is -1.90. The summed E-state index contributed by atoms with van der Waals surface area (Å²) in [5, 5.41) is 0. The van der Waals surface area contributed by atoms with Crippen LogP contribution < -0.4 is 5.73 Å². The van der Waals surface area contributed by atoms with E-state index < -0.39 is 0 Å². The van der Waals surface area contributed by atoms with Crippen molar-refractivity contribution in [3.05, 3.63) is 48.0 Å². The molecule has 0 unspecified atom stereocenters. The average molecular weight is 216 g/mol. The highest BCUT2D eigenvalue weighted by atomic mass is 19.1. The monoisotopic (exact) mass is 216 g/mol. The van der Waals surface area contributed by atoms with Gasteiger partial charge in [0.1, 0.15) is 5.82 Å². The molecule has 0 spiro atoms. The molecule has 0 fully saturated rings. The number of hydrogen-bond donors (Lipinski definition) is 1. The minimum Gasteiger partial charge on any atom is -0.397 e. The van der Waals surface area contributed by atoms with Crippen molar-refractivity contribution in [2.45, 2.75) is 13.3 Å². The van der Waals surface area contributed by atoms with E-state index in [1.807, 2.05) is 6.92 Å². The molecule has 0 radical (unpaired) electrons. The van der Waals surface area contributed by atoms with Crippen LogP contribution in [0.4, 0.5) is 10.1 Å². The van der Waals surface area contributed by atoms with Gasteiger partial charge in [-0.25, -0.2) is 4.39 Å². The first-order valence-electron chi connectivity index (χ1n) is 5.20. The Bertz CT molecular complexity index is 492. The lowest BCUT2D eigenvalue weighted by molar-refractivity contribution is 0.628.